The van der Waals surface area contributed by atoms with Crippen LogP contribution in [-0.2, 0) is 21.4 Å². The molecule has 1 N–H and O–H groups in total. The van der Waals surface area contributed by atoms with Gasteiger partial charge in [0, 0.05) is 30.2 Å². The highest BCUT2D eigenvalue weighted by Crippen LogP contribution is 2.24. The molecule has 27 heavy (non-hydrogen) atoms. The SMILES string of the molecule is CCN(CC)S(=O)(=O)c1ccc(=O)n(CC(=O)Nc2ccccc2SC)c1. The van der Waals surface area contributed by atoms with Gasteiger partial charge in [0.05, 0.1) is 10.6 Å². The maximum Gasteiger partial charge on any atom is 0.251 e. The first-order valence-electron chi connectivity index (χ1n) is 8.47. The molecule has 0 bridgehead atoms. The summed E-state index contributed by atoms with van der Waals surface area (Å²) in [5.74, 6) is -0.406. The second-order valence-electron chi connectivity index (χ2n) is 5.67. The fraction of sp³-hybridized carbons (Fsp3) is 0.333. The lowest BCUT2D eigenvalue weighted by Gasteiger charge is -2.19. The van der Waals surface area contributed by atoms with Crippen LogP contribution in [-0.4, -0.2) is 42.5 Å². The third-order valence-electron chi connectivity index (χ3n) is 3.99. The number of pyridine rings is 1. The second kappa shape index (κ2) is 9.20. The molecule has 0 aliphatic heterocycles. The van der Waals surface area contributed by atoms with Crippen molar-refractivity contribution in [3.8, 4) is 0 Å². The van der Waals surface area contributed by atoms with Gasteiger partial charge in [0.1, 0.15) is 6.54 Å². The molecule has 0 saturated heterocycles. The zero-order valence-corrected chi connectivity index (χ0v) is 17.1. The van der Waals surface area contributed by atoms with E-state index >= 15 is 0 Å². The van der Waals surface area contributed by atoms with E-state index in [1.165, 1.54) is 34.4 Å². The van der Waals surface area contributed by atoms with Gasteiger partial charge in [-0.1, -0.05) is 26.0 Å². The summed E-state index contributed by atoms with van der Waals surface area (Å²) < 4.78 is 27.7. The number of nitrogens with zero attached hydrogens (tertiary/aromatic N) is 2. The van der Waals surface area contributed by atoms with Gasteiger partial charge in [-0.05, 0) is 24.5 Å². The average molecular weight is 410 g/mol. The van der Waals surface area contributed by atoms with Crippen molar-refractivity contribution in [1.82, 2.24) is 8.87 Å². The summed E-state index contributed by atoms with van der Waals surface area (Å²) in [4.78, 5) is 25.3. The van der Waals surface area contributed by atoms with Crippen molar-refractivity contribution in [2.45, 2.75) is 30.2 Å². The first-order chi connectivity index (χ1) is 12.8. The number of hydrogen-bond donors (Lipinski definition) is 1. The van der Waals surface area contributed by atoms with Crippen molar-refractivity contribution >= 4 is 33.4 Å². The Labute approximate surface area is 163 Å². The van der Waals surface area contributed by atoms with Gasteiger partial charge in [0.25, 0.3) is 5.56 Å². The molecule has 1 aromatic heterocycles. The topological polar surface area (TPSA) is 88.5 Å². The second-order valence-corrected chi connectivity index (χ2v) is 8.45. The van der Waals surface area contributed by atoms with Gasteiger partial charge in [-0.3, -0.25) is 9.59 Å². The van der Waals surface area contributed by atoms with Gasteiger partial charge < -0.3 is 9.88 Å². The van der Waals surface area contributed by atoms with Crippen molar-refractivity contribution in [2.24, 2.45) is 0 Å². The Morgan fingerprint density at radius 3 is 2.44 bits per heavy atom. The monoisotopic (exact) mass is 409 g/mol. The highest BCUT2D eigenvalue weighted by atomic mass is 32.2. The molecular formula is C18H23N3O4S2. The third kappa shape index (κ3) is 5.00. The summed E-state index contributed by atoms with van der Waals surface area (Å²) in [6.45, 7) is 3.86. The maximum atomic E-state index is 12.6. The Morgan fingerprint density at radius 2 is 1.81 bits per heavy atom. The minimum Gasteiger partial charge on any atom is -0.324 e. The fourth-order valence-electron chi connectivity index (χ4n) is 2.59. The molecule has 2 rings (SSSR count). The van der Waals surface area contributed by atoms with Gasteiger partial charge in [0.2, 0.25) is 15.9 Å². The standard InChI is InChI=1S/C18H23N3O4S2/c1-4-21(5-2)27(24,25)14-10-11-18(23)20(12-14)13-17(22)19-15-8-6-7-9-16(15)26-3/h6-12H,4-5,13H2,1-3H3,(H,19,22). The molecular weight excluding hydrogens is 386 g/mol. The predicted molar refractivity (Wildman–Crippen MR) is 108 cm³/mol. The number of aromatic nitrogens is 1. The van der Waals surface area contributed by atoms with Crippen LogP contribution >= 0.6 is 11.8 Å². The molecule has 0 aliphatic carbocycles. The van der Waals surface area contributed by atoms with E-state index in [-0.39, 0.29) is 11.4 Å². The molecule has 146 valence electrons. The number of hydrogen-bond acceptors (Lipinski definition) is 5. The first kappa shape index (κ1) is 21.2. The van der Waals surface area contributed by atoms with E-state index in [2.05, 4.69) is 5.32 Å². The van der Waals surface area contributed by atoms with Crippen molar-refractivity contribution < 1.29 is 13.2 Å². The molecule has 0 fully saturated rings. The van der Waals surface area contributed by atoms with Crippen molar-refractivity contribution in [3.63, 3.8) is 0 Å². The fourth-order valence-corrected chi connectivity index (χ4v) is 4.62. The maximum absolute atomic E-state index is 12.6. The highest BCUT2D eigenvalue weighted by Gasteiger charge is 2.22. The van der Waals surface area contributed by atoms with Crippen LogP contribution in [0.2, 0.25) is 0 Å². The van der Waals surface area contributed by atoms with Gasteiger partial charge in [-0.25, -0.2) is 8.42 Å². The molecule has 1 amide bonds. The molecule has 0 unspecified atom stereocenters. The molecule has 0 aliphatic rings. The lowest BCUT2D eigenvalue weighted by molar-refractivity contribution is -0.116. The number of nitrogens with one attached hydrogen (secondary N) is 1. The lowest BCUT2D eigenvalue weighted by Crippen LogP contribution is -2.33. The molecule has 9 heteroatoms. The van der Waals surface area contributed by atoms with Crippen LogP contribution in [0.1, 0.15) is 13.8 Å². The Hall–Kier alpha value is -2.10. The molecule has 0 atom stereocenters. The zero-order valence-electron chi connectivity index (χ0n) is 15.5. The molecule has 7 nitrogen and oxygen atoms in total. The number of carbonyl (C=O) groups excluding carboxylic acids is 1. The van der Waals surface area contributed by atoms with Gasteiger partial charge in [-0.2, -0.15) is 4.31 Å². The van der Waals surface area contributed by atoms with Crippen molar-refractivity contribution in [3.05, 3.63) is 52.9 Å². The number of sulfonamides is 1. The third-order valence-corrected chi connectivity index (χ3v) is 6.82. The Balaban J connectivity index is 2.26. The van der Waals surface area contributed by atoms with Crippen LogP contribution in [0.25, 0.3) is 0 Å². The summed E-state index contributed by atoms with van der Waals surface area (Å²) in [5, 5.41) is 2.76. The van der Waals surface area contributed by atoms with Gasteiger partial charge in [0.15, 0.2) is 0 Å². The number of thioether (sulfide) groups is 1. The highest BCUT2D eigenvalue weighted by molar-refractivity contribution is 7.98. The molecule has 0 radical (unpaired) electrons. The Bertz CT molecular complexity index is 967. The van der Waals surface area contributed by atoms with E-state index in [4.69, 9.17) is 0 Å². The van der Waals surface area contributed by atoms with E-state index in [9.17, 15) is 18.0 Å². The smallest absolute Gasteiger partial charge is 0.251 e. The molecule has 1 heterocycles. The minimum absolute atomic E-state index is 0.0110. The average Bonchev–Trinajstić information content (AvgIpc) is 2.64. The number of para-hydroxylation sites is 1. The van der Waals surface area contributed by atoms with Crippen LogP contribution in [0.5, 0.6) is 0 Å². The lowest BCUT2D eigenvalue weighted by atomic mass is 10.3. The van der Waals surface area contributed by atoms with E-state index in [0.717, 1.165) is 9.46 Å². The van der Waals surface area contributed by atoms with Crippen LogP contribution < -0.4 is 10.9 Å². The Morgan fingerprint density at radius 1 is 1.15 bits per heavy atom. The van der Waals surface area contributed by atoms with Crippen LogP contribution in [0.15, 0.2) is 57.2 Å². The number of amides is 1. The Kier molecular flexibility index (Phi) is 7.23. The van der Waals surface area contributed by atoms with Gasteiger partial charge >= 0.3 is 0 Å². The number of anilines is 1. The molecule has 1 aromatic carbocycles. The van der Waals surface area contributed by atoms with E-state index in [1.54, 1.807) is 26.0 Å². The van der Waals surface area contributed by atoms with Crippen molar-refractivity contribution in [2.75, 3.05) is 24.7 Å². The molecule has 2 aromatic rings. The molecule has 0 saturated carbocycles. The van der Waals surface area contributed by atoms with Crippen LogP contribution in [0, 0.1) is 0 Å². The van der Waals surface area contributed by atoms with E-state index in [0.29, 0.717) is 18.8 Å². The number of carbonyl (C=O) groups is 1. The minimum atomic E-state index is -3.71. The quantitative estimate of drug-likeness (QED) is 0.676. The normalized spacial score (nSPS) is 11.6. The van der Waals surface area contributed by atoms with Crippen LogP contribution in [0.4, 0.5) is 5.69 Å². The summed E-state index contributed by atoms with van der Waals surface area (Å²) in [5.41, 5.74) is 0.205. The van der Waals surface area contributed by atoms with Crippen LogP contribution in [0.3, 0.4) is 0 Å². The zero-order chi connectivity index (χ0) is 20.0. The summed E-state index contributed by atoms with van der Waals surface area (Å²) >= 11 is 1.49. The summed E-state index contributed by atoms with van der Waals surface area (Å²) in [7, 11) is -3.71. The number of rotatable bonds is 8. The van der Waals surface area contributed by atoms with E-state index in [1.807, 2.05) is 18.4 Å². The predicted octanol–water partition coefficient (Wildman–Crippen LogP) is 2.24. The summed E-state index contributed by atoms with van der Waals surface area (Å²) in [6.07, 6.45) is 3.12. The number of benzene rings is 1. The van der Waals surface area contributed by atoms with E-state index < -0.39 is 21.5 Å². The molecule has 0 spiro atoms. The largest absolute Gasteiger partial charge is 0.324 e. The summed E-state index contributed by atoms with van der Waals surface area (Å²) in [6, 6.07) is 9.76. The first-order valence-corrected chi connectivity index (χ1v) is 11.1. The van der Waals surface area contributed by atoms with Gasteiger partial charge in [-0.15, -0.1) is 11.8 Å². The van der Waals surface area contributed by atoms with Crippen molar-refractivity contribution in [1.29, 1.82) is 0 Å².